The first-order valence-corrected chi connectivity index (χ1v) is 7.88. The molecular weight excluding hydrogens is 270 g/mol. The van der Waals surface area contributed by atoms with E-state index >= 15 is 0 Å². The van der Waals surface area contributed by atoms with E-state index in [1.54, 1.807) is 18.4 Å². The molecule has 2 aromatic rings. The Labute approximate surface area is 123 Å². The quantitative estimate of drug-likeness (QED) is 0.850. The molecule has 1 saturated carbocycles. The van der Waals surface area contributed by atoms with E-state index in [0.717, 1.165) is 24.1 Å². The molecule has 0 aliphatic heterocycles. The summed E-state index contributed by atoms with van der Waals surface area (Å²) in [4.78, 5) is 1.22. The lowest BCUT2D eigenvalue weighted by Crippen LogP contribution is -2.84. The first kappa shape index (κ1) is 13.5. The maximum Gasteiger partial charge on any atom is 0.161 e. The fourth-order valence-electron chi connectivity index (χ4n) is 2.14. The number of hydrogen-bond acceptors (Lipinski definition) is 3. The average Bonchev–Trinajstić information content (AvgIpc) is 3.17. The molecule has 1 aromatic heterocycles. The van der Waals surface area contributed by atoms with Gasteiger partial charge < -0.3 is 14.8 Å². The highest BCUT2D eigenvalue weighted by molar-refractivity contribution is 7.09. The molecule has 20 heavy (non-hydrogen) atoms. The van der Waals surface area contributed by atoms with Gasteiger partial charge in [-0.25, -0.2) is 0 Å². The third kappa shape index (κ3) is 3.52. The third-order valence-electron chi connectivity index (χ3n) is 3.49. The number of benzene rings is 1. The Kier molecular flexibility index (Phi) is 4.23. The maximum absolute atomic E-state index is 5.84. The summed E-state index contributed by atoms with van der Waals surface area (Å²) in [6.45, 7) is 1.62. The molecule has 0 amide bonds. The molecule has 1 aliphatic carbocycles. The molecule has 0 spiro atoms. The molecule has 1 aromatic carbocycles. The highest BCUT2D eigenvalue weighted by Gasteiger charge is 2.24. The minimum Gasteiger partial charge on any atom is -0.493 e. The smallest absolute Gasteiger partial charge is 0.161 e. The van der Waals surface area contributed by atoms with Gasteiger partial charge in [0.15, 0.2) is 11.5 Å². The number of quaternary nitrogens is 1. The van der Waals surface area contributed by atoms with E-state index in [9.17, 15) is 0 Å². The zero-order valence-electron chi connectivity index (χ0n) is 11.7. The van der Waals surface area contributed by atoms with Crippen molar-refractivity contribution in [2.75, 3.05) is 7.11 Å². The van der Waals surface area contributed by atoms with E-state index in [1.807, 2.05) is 12.1 Å². The summed E-state index contributed by atoms with van der Waals surface area (Å²) in [7, 11) is 1.70. The van der Waals surface area contributed by atoms with Crippen LogP contribution < -0.4 is 14.8 Å². The summed E-state index contributed by atoms with van der Waals surface area (Å²) >= 11 is 1.71. The van der Waals surface area contributed by atoms with Crippen LogP contribution in [0.15, 0.2) is 35.7 Å². The van der Waals surface area contributed by atoms with Crippen LogP contribution in [0.4, 0.5) is 0 Å². The van der Waals surface area contributed by atoms with E-state index in [-0.39, 0.29) is 0 Å². The normalized spacial score (nSPS) is 14.2. The van der Waals surface area contributed by atoms with Crippen molar-refractivity contribution in [2.45, 2.75) is 32.0 Å². The average molecular weight is 290 g/mol. The first-order chi connectivity index (χ1) is 9.85. The van der Waals surface area contributed by atoms with Crippen molar-refractivity contribution in [3.05, 3.63) is 46.2 Å². The molecule has 0 saturated heterocycles. The number of rotatable bonds is 7. The largest absolute Gasteiger partial charge is 0.493 e. The summed E-state index contributed by atoms with van der Waals surface area (Å²) in [5.74, 6) is 1.64. The summed E-state index contributed by atoms with van der Waals surface area (Å²) in [6, 6.07) is 11.2. The molecule has 0 unspecified atom stereocenters. The molecule has 4 heteroatoms. The summed E-state index contributed by atoms with van der Waals surface area (Å²) in [5.41, 5.74) is 1.29. The number of hydrogen-bond donors (Lipinski definition) is 1. The third-order valence-corrected chi connectivity index (χ3v) is 4.34. The van der Waals surface area contributed by atoms with Crippen molar-refractivity contribution in [2.24, 2.45) is 0 Å². The predicted octanol–water partition coefficient (Wildman–Crippen LogP) is 2.56. The maximum atomic E-state index is 5.84. The van der Waals surface area contributed by atoms with Crippen LogP contribution in [-0.4, -0.2) is 13.2 Å². The van der Waals surface area contributed by atoms with Gasteiger partial charge in [0, 0.05) is 23.3 Å². The Morgan fingerprint density at radius 2 is 2.15 bits per heavy atom. The van der Waals surface area contributed by atoms with Gasteiger partial charge in [-0.2, -0.15) is 0 Å². The molecule has 1 heterocycles. The monoisotopic (exact) mass is 290 g/mol. The fraction of sp³-hybridized carbons (Fsp3) is 0.375. The van der Waals surface area contributed by atoms with Gasteiger partial charge in [0.1, 0.15) is 13.2 Å². The zero-order valence-corrected chi connectivity index (χ0v) is 12.5. The van der Waals surface area contributed by atoms with Gasteiger partial charge in [-0.1, -0.05) is 6.07 Å². The predicted molar refractivity (Wildman–Crippen MR) is 80.3 cm³/mol. The highest BCUT2D eigenvalue weighted by atomic mass is 32.1. The van der Waals surface area contributed by atoms with Gasteiger partial charge in [0.05, 0.1) is 13.2 Å². The van der Waals surface area contributed by atoms with Crippen LogP contribution >= 0.6 is 11.3 Å². The van der Waals surface area contributed by atoms with Gasteiger partial charge >= 0.3 is 0 Å². The Balaban J connectivity index is 1.63. The lowest BCUT2D eigenvalue weighted by atomic mass is 10.2. The van der Waals surface area contributed by atoms with Gasteiger partial charge in [0.25, 0.3) is 0 Å². The van der Waals surface area contributed by atoms with Crippen molar-refractivity contribution in [3.63, 3.8) is 0 Å². The summed E-state index contributed by atoms with van der Waals surface area (Å²) in [5, 5.41) is 4.47. The second kappa shape index (κ2) is 6.29. The molecule has 0 atom stereocenters. The minimum absolute atomic E-state index is 0.599. The molecule has 1 fully saturated rings. The van der Waals surface area contributed by atoms with Crippen molar-refractivity contribution >= 4 is 11.3 Å². The van der Waals surface area contributed by atoms with E-state index in [0.29, 0.717) is 6.61 Å². The first-order valence-electron chi connectivity index (χ1n) is 7.00. The molecule has 0 bridgehead atoms. The van der Waals surface area contributed by atoms with Crippen LogP contribution in [0.2, 0.25) is 0 Å². The van der Waals surface area contributed by atoms with E-state index in [1.165, 1.54) is 23.3 Å². The molecular formula is C16H20NO2S+. The van der Waals surface area contributed by atoms with E-state index < -0.39 is 0 Å². The Morgan fingerprint density at radius 3 is 2.85 bits per heavy atom. The van der Waals surface area contributed by atoms with Crippen molar-refractivity contribution in [3.8, 4) is 11.5 Å². The van der Waals surface area contributed by atoms with Crippen LogP contribution in [0.1, 0.15) is 23.3 Å². The second-order valence-electron chi connectivity index (χ2n) is 5.13. The standard InChI is InChI=1S/C16H19NO2S/c1-18-16-9-12(10-17-13-5-6-13)4-7-15(16)19-11-14-3-2-8-20-14/h2-4,7-9,13,17H,5-6,10-11H2,1H3/p+1. The van der Waals surface area contributed by atoms with Crippen molar-refractivity contribution < 1.29 is 14.8 Å². The minimum atomic E-state index is 0.599. The Morgan fingerprint density at radius 1 is 1.25 bits per heavy atom. The summed E-state index contributed by atoms with van der Waals surface area (Å²) < 4.78 is 11.3. The van der Waals surface area contributed by atoms with Crippen LogP contribution in [0.5, 0.6) is 11.5 Å². The van der Waals surface area contributed by atoms with Crippen molar-refractivity contribution in [1.29, 1.82) is 0 Å². The highest BCUT2D eigenvalue weighted by Crippen LogP contribution is 2.29. The molecule has 2 N–H and O–H groups in total. The molecule has 0 radical (unpaired) electrons. The number of nitrogens with two attached hydrogens (primary N) is 1. The van der Waals surface area contributed by atoms with E-state index in [2.05, 4.69) is 28.9 Å². The van der Waals surface area contributed by atoms with E-state index in [4.69, 9.17) is 9.47 Å². The Bertz CT molecular complexity index is 550. The molecule has 106 valence electrons. The Hall–Kier alpha value is -1.52. The van der Waals surface area contributed by atoms with Crippen LogP contribution in [0.25, 0.3) is 0 Å². The fourth-order valence-corrected chi connectivity index (χ4v) is 2.75. The number of methoxy groups -OCH3 is 1. The van der Waals surface area contributed by atoms with Crippen molar-refractivity contribution in [1.82, 2.24) is 0 Å². The van der Waals surface area contributed by atoms with Gasteiger partial charge in [-0.05, 0) is 29.6 Å². The van der Waals surface area contributed by atoms with Gasteiger partial charge in [0.2, 0.25) is 0 Å². The number of ether oxygens (including phenoxy) is 2. The topological polar surface area (TPSA) is 35.1 Å². The summed E-state index contributed by atoms with van der Waals surface area (Å²) in [6.07, 6.45) is 2.72. The van der Waals surface area contributed by atoms with Crippen LogP contribution in [0.3, 0.4) is 0 Å². The van der Waals surface area contributed by atoms with Gasteiger partial charge in [-0.3, -0.25) is 0 Å². The van der Waals surface area contributed by atoms with Crippen LogP contribution in [-0.2, 0) is 13.2 Å². The zero-order chi connectivity index (χ0) is 13.8. The lowest BCUT2D eigenvalue weighted by molar-refractivity contribution is -0.683. The second-order valence-corrected chi connectivity index (χ2v) is 6.16. The van der Waals surface area contributed by atoms with Gasteiger partial charge in [-0.15, -0.1) is 11.3 Å². The molecule has 3 nitrogen and oxygen atoms in total. The number of thiophene rings is 1. The molecule has 1 aliphatic rings. The van der Waals surface area contributed by atoms with Crippen LogP contribution in [0, 0.1) is 0 Å². The lowest BCUT2D eigenvalue weighted by Gasteiger charge is -2.11. The SMILES string of the molecule is COc1cc(C[NH2+]C2CC2)ccc1OCc1cccs1. The molecule has 3 rings (SSSR count).